The van der Waals surface area contributed by atoms with E-state index in [-0.39, 0.29) is 12.3 Å². The third kappa shape index (κ3) is 2.03. The lowest BCUT2D eigenvalue weighted by Gasteiger charge is -2.16. The maximum atomic E-state index is 11.5. The fourth-order valence-electron chi connectivity index (χ4n) is 1.65. The zero-order valence-electron chi connectivity index (χ0n) is 8.68. The number of aliphatic hydroxyl groups is 1. The molecule has 2 rings (SSSR count). The summed E-state index contributed by atoms with van der Waals surface area (Å²) in [6.07, 6.45) is 1.14. The zero-order valence-corrected chi connectivity index (χ0v) is 10.3. The summed E-state index contributed by atoms with van der Waals surface area (Å²) in [5, 5.41) is 9.38. The Hall–Kier alpha value is -1.14. The van der Waals surface area contributed by atoms with Crippen LogP contribution in [0.2, 0.25) is 0 Å². The van der Waals surface area contributed by atoms with Crippen LogP contribution in [0.3, 0.4) is 0 Å². The maximum absolute atomic E-state index is 11.5. The van der Waals surface area contributed by atoms with E-state index in [4.69, 9.17) is 4.74 Å². The Morgan fingerprint density at radius 3 is 2.94 bits per heavy atom. The van der Waals surface area contributed by atoms with Crippen molar-refractivity contribution in [2.75, 3.05) is 18.6 Å². The molecule has 0 bridgehead atoms. The van der Waals surface area contributed by atoms with Crippen LogP contribution in [0.15, 0.2) is 16.7 Å². The van der Waals surface area contributed by atoms with Crippen molar-refractivity contribution in [2.24, 2.45) is 0 Å². The molecule has 1 aliphatic rings. The Kier molecular flexibility index (Phi) is 3.11. The second-order valence-corrected chi connectivity index (χ2v) is 4.40. The Morgan fingerprint density at radius 2 is 2.44 bits per heavy atom. The van der Waals surface area contributed by atoms with Crippen molar-refractivity contribution < 1.29 is 14.6 Å². The Morgan fingerprint density at radius 1 is 1.69 bits per heavy atom. The number of rotatable bonds is 2. The summed E-state index contributed by atoms with van der Waals surface area (Å²) in [6.45, 7) is 0.319. The lowest BCUT2D eigenvalue weighted by molar-refractivity contribution is -0.117. The number of hydrogen-bond acceptors (Lipinski definition) is 4. The molecule has 86 valence electrons. The van der Waals surface area contributed by atoms with E-state index in [0.717, 1.165) is 0 Å². The molecule has 0 aliphatic carbocycles. The summed E-state index contributed by atoms with van der Waals surface area (Å²) in [5.41, 5.74) is 0.661. The molecule has 1 aliphatic heterocycles. The van der Waals surface area contributed by atoms with Gasteiger partial charge in [-0.1, -0.05) is 0 Å². The molecule has 1 aromatic heterocycles. The summed E-state index contributed by atoms with van der Waals surface area (Å²) in [6, 6.07) is 1.75. The van der Waals surface area contributed by atoms with Gasteiger partial charge in [0, 0.05) is 0 Å². The fourth-order valence-corrected chi connectivity index (χ4v) is 2.15. The van der Waals surface area contributed by atoms with Crippen LogP contribution in [-0.4, -0.2) is 35.8 Å². The lowest BCUT2D eigenvalue weighted by Crippen LogP contribution is -2.25. The summed E-state index contributed by atoms with van der Waals surface area (Å²) in [5.74, 6) is 0.377. The van der Waals surface area contributed by atoms with E-state index in [1.54, 1.807) is 12.3 Å². The number of aliphatic hydroxyl groups excluding tert-OH is 1. The second kappa shape index (κ2) is 4.39. The highest BCUT2D eigenvalue weighted by molar-refractivity contribution is 9.10. The minimum absolute atomic E-state index is 0.0913. The summed E-state index contributed by atoms with van der Waals surface area (Å²) < 4.78 is 5.68. The number of methoxy groups -OCH3 is 1. The van der Waals surface area contributed by atoms with Gasteiger partial charge in [0.25, 0.3) is 0 Å². The van der Waals surface area contributed by atoms with Crippen LogP contribution in [-0.2, 0) is 4.79 Å². The van der Waals surface area contributed by atoms with Crippen molar-refractivity contribution in [1.29, 1.82) is 0 Å². The molecule has 1 aromatic rings. The smallest absolute Gasteiger partial charge is 0.229 e. The first-order valence-corrected chi connectivity index (χ1v) is 5.59. The van der Waals surface area contributed by atoms with Crippen LogP contribution < -0.4 is 9.64 Å². The van der Waals surface area contributed by atoms with Crippen LogP contribution in [0.5, 0.6) is 5.88 Å². The number of nitrogens with zero attached hydrogens (tertiary/aromatic N) is 2. The number of ether oxygens (including phenoxy) is 1. The van der Waals surface area contributed by atoms with Crippen LogP contribution in [0.4, 0.5) is 5.69 Å². The molecule has 16 heavy (non-hydrogen) atoms. The van der Waals surface area contributed by atoms with Gasteiger partial charge in [0.1, 0.15) is 0 Å². The molecule has 1 amide bonds. The van der Waals surface area contributed by atoms with E-state index in [2.05, 4.69) is 20.9 Å². The summed E-state index contributed by atoms with van der Waals surface area (Å²) >= 11 is 3.30. The third-order valence-corrected chi connectivity index (χ3v) is 2.97. The van der Waals surface area contributed by atoms with E-state index < -0.39 is 6.10 Å². The van der Waals surface area contributed by atoms with Crippen molar-refractivity contribution in [3.05, 3.63) is 16.7 Å². The highest BCUT2D eigenvalue weighted by Gasteiger charge is 2.29. The predicted octanol–water partition coefficient (Wildman–Crippen LogP) is 0.950. The number of carbonyl (C=O) groups excluding carboxylic acids is 1. The Bertz CT molecular complexity index is 425. The van der Waals surface area contributed by atoms with Gasteiger partial charge in [-0.2, -0.15) is 0 Å². The average Bonchev–Trinajstić information content (AvgIpc) is 2.58. The van der Waals surface area contributed by atoms with Crippen molar-refractivity contribution in [2.45, 2.75) is 12.5 Å². The number of β-amino-alcohol motifs (C(OH)–C–C–N with tert-alkyl or cyclic N) is 1. The standard InChI is InChI=1S/C10H11BrN2O3/c1-16-10-8(11)2-6(4-12-10)13-5-7(14)3-9(13)15/h2,4,7,14H,3,5H2,1H3. The normalized spacial score (nSPS) is 20.3. The molecule has 0 aromatic carbocycles. The average molecular weight is 287 g/mol. The Balaban J connectivity index is 2.28. The SMILES string of the molecule is COc1ncc(N2CC(O)CC2=O)cc1Br. The van der Waals surface area contributed by atoms with Crippen LogP contribution in [0, 0.1) is 0 Å². The molecule has 0 saturated carbocycles. The van der Waals surface area contributed by atoms with Gasteiger partial charge < -0.3 is 14.7 Å². The highest BCUT2D eigenvalue weighted by atomic mass is 79.9. The summed E-state index contributed by atoms with van der Waals surface area (Å²) in [7, 11) is 1.53. The van der Waals surface area contributed by atoms with Crippen molar-refractivity contribution >= 4 is 27.5 Å². The predicted molar refractivity (Wildman–Crippen MR) is 61.5 cm³/mol. The minimum Gasteiger partial charge on any atom is -0.480 e. The van der Waals surface area contributed by atoms with Crippen molar-refractivity contribution in [1.82, 2.24) is 4.98 Å². The molecule has 1 fully saturated rings. The van der Waals surface area contributed by atoms with Crippen LogP contribution >= 0.6 is 15.9 Å². The molecule has 0 spiro atoms. The highest BCUT2D eigenvalue weighted by Crippen LogP contribution is 2.29. The zero-order chi connectivity index (χ0) is 11.7. The molecule has 6 heteroatoms. The van der Waals surface area contributed by atoms with Gasteiger partial charge in [-0.3, -0.25) is 4.79 Å². The molecule has 1 N–H and O–H groups in total. The number of hydrogen-bond donors (Lipinski definition) is 1. The molecular formula is C10H11BrN2O3. The van der Waals surface area contributed by atoms with Crippen LogP contribution in [0.25, 0.3) is 0 Å². The molecule has 1 saturated heterocycles. The molecular weight excluding hydrogens is 276 g/mol. The second-order valence-electron chi connectivity index (χ2n) is 3.55. The number of carbonyl (C=O) groups is 1. The lowest BCUT2D eigenvalue weighted by atomic mass is 10.3. The summed E-state index contributed by atoms with van der Waals surface area (Å²) in [4.78, 5) is 17.1. The monoisotopic (exact) mass is 286 g/mol. The topological polar surface area (TPSA) is 62.7 Å². The van der Waals surface area contributed by atoms with E-state index in [1.807, 2.05) is 0 Å². The van der Waals surface area contributed by atoms with E-state index >= 15 is 0 Å². The van der Waals surface area contributed by atoms with E-state index in [1.165, 1.54) is 12.0 Å². The van der Waals surface area contributed by atoms with Gasteiger partial charge in [0.15, 0.2) is 0 Å². The van der Waals surface area contributed by atoms with Gasteiger partial charge in [-0.15, -0.1) is 0 Å². The molecule has 1 unspecified atom stereocenters. The quantitative estimate of drug-likeness (QED) is 0.879. The largest absolute Gasteiger partial charge is 0.480 e. The first-order valence-electron chi connectivity index (χ1n) is 4.80. The number of amides is 1. The number of anilines is 1. The van der Waals surface area contributed by atoms with Crippen LogP contribution in [0.1, 0.15) is 6.42 Å². The van der Waals surface area contributed by atoms with Crippen molar-refractivity contribution in [3.8, 4) is 5.88 Å². The third-order valence-electron chi connectivity index (χ3n) is 2.40. The fraction of sp³-hybridized carbons (Fsp3) is 0.400. The van der Waals surface area contributed by atoms with E-state index in [9.17, 15) is 9.90 Å². The molecule has 1 atom stereocenters. The molecule has 0 radical (unpaired) electrons. The first-order chi connectivity index (χ1) is 7.61. The van der Waals surface area contributed by atoms with Gasteiger partial charge in [0.2, 0.25) is 11.8 Å². The Labute approximate surface area is 101 Å². The van der Waals surface area contributed by atoms with Gasteiger partial charge in [-0.05, 0) is 22.0 Å². The molecule has 2 heterocycles. The number of aromatic nitrogens is 1. The first kappa shape index (κ1) is 11.3. The minimum atomic E-state index is -0.589. The molecule has 5 nitrogen and oxygen atoms in total. The van der Waals surface area contributed by atoms with Gasteiger partial charge in [-0.25, -0.2) is 4.98 Å². The maximum Gasteiger partial charge on any atom is 0.229 e. The number of halogens is 1. The van der Waals surface area contributed by atoms with E-state index in [0.29, 0.717) is 22.6 Å². The van der Waals surface area contributed by atoms with Crippen molar-refractivity contribution in [3.63, 3.8) is 0 Å². The van der Waals surface area contributed by atoms with Gasteiger partial charge in [0.05, 0.1) is 42.5 Å². The van der Waals surface area contributed by atoms with Gasteiger partial charge >= 0.3 is 0 Å². The number of pyridine rings is 1.